The molecule has 0 radical (unpaired) electrons. The summed E-state index contributed by atoms with van der Waals surface area (Å²) in [6.07, 6.45) is 0. The second kappa shape index (κ2) is 26.5. The van der Waals surface area contributed by atoms with Gasteiger partial charge in [0.1, 0.15) is 0 Å². The second-order valence-electron chi connectivity index (χ2n) is 32.9. The van der Waals surface area contributed by atoms with Gasteiger partial charge in [-0.3, -0.25) is 0 Å². The number of hydrogen-bond acceptors (Lipinski definition) is 9. The minimum atomic E-state index is -0.367. The number of hydrogen-bond donors (Lipinski definition) is 0. The molecule has 0 bridgehead atoms. The Balaban J connectivity index is 0.000000112. The Morgan fingerprint density at radius 1 is 0.200 bits per heavy atom. The first-order valence-corrected chi connectivity index (χ1v) is 40.7. The van der Waals surface area contributed by atoms with E-state index in [0.29, 0.717) is 0 Å². The van der Waals surface area contributed by atoms with Crippen molar-refractivity contribution in [2.45, 2.75) is 117 Å². The summed E-state index contributed by atoms with van der Waals surface area (Å²) in [6, 6.07) is 104. The molecular formula is C98H83B3O6S3. The van der Waals surface area contributed by atoms with E-state index in [2.05, 4.69) is 368 Å². The van der Waals surface area contributed by atoms with Gasteiger partial charge in [0.05, 0.1) is 33.6 Å². The molecule has 0 spiro atoms. The van der Waals surface area contributed by atoms with Gasteiger partial charge in [0, 0.05) is 71.3 Å². The normalized spacial score (nSPS) is 16.9. The molecule has 21 rings (SSSR count). The van der Waals surface area contributed by atoms with Crippen LogP contribution in [0.1, 0.15) is 83.1 Å². The van der Waals surface area contributed by atoms with E-state index < -0.39 is 0 Å². The van der Waals surface area contributed by atoms with E-state index in [1.54, 1.807) is 0 Å². The van der Waals surface area contributed by atoms with Gasteiger partial charge >= 0.3 is 21.4 Å². The van der Waals surface area contributed by atoms with Crippen LogP contribution in [0.4, 0.5) is 0 Å². The summed E-state index contributed by atoms with van der Waals surface area (Å²) in [5.74, 6) is 0. The molecule has 3 aliphatic rings. The van der Waals surface area contributed by atoms with Crippen LogP contribution in [0.15, 0.2) is 285 Å². The first-order chi connectivity index (χ1) is 52.9. The Kier molecular flexibility index (Phi) is 17.0. The smallest absolute Gasteiger partial charge is 0.399 e. The van der Waals surface area contributed by atoms with E-state index in [9.17, 15) is 0 Å². The number of benzene rings is 15. The first-order valence-electron chi connectivity index (χ1n) is 38.3. The molecule has 538 valence electrons. The van der Waals surface area contributed by atoms with Gasteiger partial charge in [0.15, 0.2) is 0 Å². The first kappa shape index (κ1) is 70.6. The van der Waals surface area contributed by atoms with Gasteiger partial charge in [-0.15, -0.1) is 34.0 Å². The van der Waals surface area contributed by atoms with Crippen molar-refractivity contribution in [2.75, 3.05) is 0 Å². The summed E-state index contributed by atoms with van der Waals surface area (Å²) in [7, 11) is -1.07. The highest BCUT2D eigenvalue weighted by molar-refractivity contribution is 7.27. The van der Waals surface area contributed by atoms with Gasteiger partial charge < -0.3 is 27.9 Å². The Morgan fingerprint density at radius 3 is 0.936 bits per heavy atom. The molecule has 0 atom stereocenters. The third-order valence-electron chi connectivity index (χ3n) is 24.5. The molecule has 3 fully saturated rings. The zero-order chi connectivity index (χ0) is 75.4. The predicted molar refractivity (Wildman–Crippen MR) is 474 cm³/mol. The fraction of sp³-hybridized carbons (Fsp3) is 0.184. The molecule has 0 aliphatic carbocycles. The van der Waals surface area contributed by atoms with Gasteiger partial charge in [-0.05, 0) is 230 Å². The quantitative estimate of drug-likeness (QED) is 0.117. The standard InChI is InChI=1S/C34H29BO2S.2C32H27BO2S/c1-33(2)34(3,4)37-35(36-33)27-13-8-12-25(20-27)23-10-7-11-24(19-23)26-16-18-31-30(21-26)29-17-15-22-9-5-6-14-28(22)32(29)38-31;1-31(2)32(3,4)35-33(34-31)22-11-9-10-20(18-22)21-16-17-28-27(19-21)29-25-14-7-5-12-23(25)24-13-6-8-15-26(24)30(29)36-28;1-31(2)32(3,4)35-33(34-31)22-16-13-20(14-17-22)21-15-18-28-27(19-21)29-25-11-7-5-9-23(25)24-10-6-8-12-26(24)30(29)36-28/h5-21H,1-4H3;2*5-19H,1-4H3. The van der Waals surface area contributed by atoms with Crippen molar-refractivity contribution in [3.63, 3.8) is 0 Å². The van der Waals surface area contributed by atoms with Crippen LogP contribution < -0.4 is 16.4 Å². The van der Waals surface area contributed by atoms with Crippen molar-refractivity contribution in [2.24, 2.45) is 0 Å². The van der Waals surface area contributed by atoms with Gasteiger partial charge in [-0.2, -0.15) is 0 Å². The van der Waals surface area contributed by atoms with E-state index in [4.69, 9.17) is 27.9 Å². The Labute approximate surface area is 655 Å². The van der Waals surface area contributed by atoms with E-state index in [1.807, 2.05) is 34.0 Å². The van der Waals surface area contributed by atoms with Crippen molar-refractivity contribution in [1.82, 2.24) is 0 Å². The largest absolute Gasteiger partial charge is 0.494 e. The molecule has 12 heteroatoms. The van der Waals surface area contributed by atoms with Crippen molar-refractivity contribution in [1.29, 1.82) is 0 Å². The van der Waals surface area contributed by atoms with E-state index in [1.165, 1.54) is 153 Å². The van der Waals surface area contributed by atoms with Crippen molar-refractivity contribution < 1.29 is 27.9 Å². The predicted octanol–water partition coefficient (Wildman–Crippen LogP) is 25.5. The van der Waals surface area contributed by atoms with Gasteiger partial charge in [-0.25, -0.2) is 0 Å². The molecule has 6 nitrogen and oxygen atoms in total. The molecule has 3 aromatic heterocycles. The lowest BCUT2D eigenvalue weighted by Gasteiger charge is -2.32. The van der Waals surface area contributed by atoms with Crippen LogP contribution >= 0.6 is 34.0 Å². The van der Waals surface area contributed by atoms with Gasteiger partial charge in [0.2, 0.25) is 0 Å². The Bertz CT molecular complexity index is 6700. The van der Waals surface area contributed by atoms with Crippen LogP contribution in [0.3, 0.4) is 0 Å². The van der Waals surface area contributed by atoms with Crippen LogP contribution in [0.25, 0.3) is 159 Å². The summed E-state index contributed by atoms with van der Waals surface area (Å²) in [6.45, 7) is 25.1. The van der Waals surface area contributed by atoms with Crippen LogP contribution in [0.2, 0.25) is 0 Å². The maximum absolute atomic E-state index is 6.32. The number of thiophene rings is 3. The van der Waals surface area contributed by atoms with Gasteiger partial charge in [-0.1, -0.05) is 243 Å². The topological polar surface area (TPSA) is 55.4 Å². The van der Waals surface area contributed by atoms with Gasteiger partial charge in [0.25, 0.3) is 0 Å². The molecule has 6 heterocycles. The van der Waals surface area contributed by atoms with E-state index in [-0.39, 0.29) is 55.0 Å². The molecule has 0 N–H and O–H groups in total. The fourth-order valence-corrected chi connectivity index (χ4v) is 19.9. The lowest BCUT2D eigenvalue weighted by atomic mass is 9.78. The van der Waals surface area contributed by atoms with E-state index >= 15 is 0 Å². The highest BCUT2D eigenvalue weighted by Crippen LogP contribution is 2.49. The summed E-state index contributed by atoms with van der Waals surface area (Å²) in [5, 5.41) is 21.2. The third-order valence-corrected chi connectivity index (χ3v) is 28.1. The van der Waals surface area contributed by atoms with Crippen molar-refractivity contribution in [3.8, 4) is 44.5 Å². The monoisotopic (exact) mass is 1480 g/mol. The van der Waals surface area contributed by atoms with E-state index in [0.717, 1.165) is 22.0 Å². The average molecular weight is 1490 g/mol. The molecule has 0 amide bonds. The van der Waals surface area contributed by atoms with Crippen LogP contribution in [0.5, 0.6) is 0 Å². The summed E-state index contributed by atoms with van der Waals surface area (Å²) < 4.78 is 45.8. The van der Waals surface area contributed by atoms with Crippen molar-refractivity contribution >= 4 is 186 Å². The SMILES string of the molecule is CC1(C)OB(c2ccc(-c3ccc4sc5c6ccccc6c6ccccc6c5c4c3)cc2)OC1(C)C.CC1(C)OB(c2cccc(-c3ccc4sc5c6ccccc6c6ccccc6c5c4c3)c2)OC1(C)C.CC1(C)OB(c2cccc(-c3cccc(-c4ccc5sc6c7ccccc7ccc6c5c4)c3)c2)OC1(C)C. The Hall–Kier alpha value is -9.79. The highest BCUT2D eigenvalue weighted by atomic mass is 32.1. The van der Waals surface area contributed by atoms with Crippen molar-refractivity contribution in [3.05, 3.63) is 285 Å². The lowest BCUT2D eigenvalue weighted by Crippen LogP contribution is -2.41. The molecule has 15 aromatic carbocycles. The average Bonchev–Trinajstić information content (AvgIpc) is 1.52. The fourth-order valence-electron chi connectivity index (χ4n) is 16.2. The minimum absolute atomic E-state index is 0.339. The second-order valence-corrected chi connectivity index (χ2v) is 36.1. The third kappa shape index (κ3) is 12.0. The number of fused-ring (bicyclic) bond motifs is 21. The lowest BCUT2D eigenvalue weighted by molar-refractivity contribution is 0.00578. The molecule has 0 unspecified atom stereocenters. The summed E-state index contributed by atoms with van der Waals surface area (Å²) in [5.41, 5.74) is 10.6. The van der Waals surface area contributed by atoms with Crippen LogP contribution in [-0.2, 0) is 27.9 Å². The number of rotatable bonds is 7. The molecule has 3 saturated heterocycles. The maximum Gasteiger partial charge on any atom is 0.494 e. The molecule has 3 aliphatic heterocycles. The molecule has 110 heavy (non-hydrogen) atoms. The summed E-state index contributed by atoms with van der Waals surface area (Å²) in [4.78, 5) is 0. The minimum Gasteiger partial charge on any atom is -0.399 e. The molecule has 18 aromatic rings. The van der Waals surface area contributed by atoms with Crippen LogP contribution in [0, 0.1) is 0 Å². The zero-order valence-corrected chi connectivity index (χ0v) is 66.5. The molecule has 0 saturated carbocycles. The maximum atomic E-state index is 6.32. The highest BCUT2D eigenvalue weighted by Gasteiger charge is 2.54. The Morgan fingerprint density at radius 2 is 0.500 bits per heavy atom. The van der Waals surface area contributed by atoms with Crippen LogP contribution in [-0.4, -0.2) is 55.0 Å². The molecular weight excluding hydrogens is 1400 g/mol. The summed E-state index contributed by atoms with van der Waals surface area (Å²) >= 11 is 5.67. The zero-order valence-electron chi connectivity index (χ0n) is 64.0.